The zero-order valence-electron chi connectivity index (χ0n) is 6.45. The van der Waals surface area contributed by atoms with Crippen molar-refractivity contribution in [1.82, 2.24) is 0 Å². The number of aromatic hydroxyl groups is 1. The molecular formula is C7H8BClO3. The summed E-state index contributed by atoms with van der Waals surface area (Å²) < 4.78 is 0. The molecule has 0 fully saturated rings. The van der Waals surface area contributed by atoms with Gasteiger partial charge >= 0.3 is 7.12 Å². The summed E-state index contributed by atoms with van der Waals surface area (Å²) in [5.41, 5.74) is 0.647. The molecule has 1 aromatic rings. The van der Waals surface area contributed by atoms with Crippen LogP contribution in [0, 0.1) is 6.92 Å². The monoisotopic (exact) mass is 186 g/mol. The van der Waals surface area contributed by atoms with E-state index < -0.39 is 7.12 Å². The number of hydrogen-bond donors (Lipinski definition) is 3. The molecule has 0 atom stereocenters. The highest BCUT2D eigenvalue weighted by atomic mass is 35.5. The molecule has 0 spiro atoms. The quantitative estimate of drug-likeness (QED) is 0.543. The van der Waals surface area contributed by atoms with Gasteiger partial charge in [-0.3, -0.25) is 0 Å². The Balaban J connectivity index is 3.27. The molecule has 1 aromatic carbocycles. The van der Waals surface area contributed by atoms with Crippen LogP contribution in [0.25, 0.3) is 0 Å². The maximum absolute atomic E-state index is 9.16. The van der Waals surface area contributed by atoms with Gasteiger partial charge in [0.2, 0.25) is 0 Å². The van der Waals surface area contributed by atoms with Crippen LogP contribution in [0.4, 0.5) is 0 Å². The summed E-state index contributed by atoms with van der Waals surface area (Å²) in [4.78, 5) is 0. The zero-order valence-corrected chi connectivity index (χ0v) is 7.21. The van der Waals surface area contributed by atoms with E-state index in [4.69, 9.17) is 26.8 Å². The third-order valence-corrected chi connectivity index (χ3v) is 2.17. The summed E-state index contributed by atoms with van der Waals surface area (Å²) in [7, 11) is -1.60. The van der Waals surface area contributed by atoms with Crippen molar-refractivity contribution in [2.45, 2.75) is 6.92 Å². The van der Waals surface area contributed by atoms with Crippen LogP contribution in [0.15, 0.2) is 12.1 Å². The van der Waals surface area contributed by atoms with Gasteiger partial charge in [-0.15, -0.1) is 0 Å². The molecule has 0 aliphatic rings. The fraction of sp³-hybridized carbons (Fsp3) is 0.143. The van der Waals surface area contributed by atoms with E-state index in [1.54, 1.807) is 6.92 Å². The lowest BCUT2D eigenvalue weighted by Crippen LogP contribution is -2.31. The standard InChI is InChI=1S/C7H8BClO3/c1-4-6(10)3-2-5(7(4)9)8(11)12/h2-3,10-12H,1H3. The molecule has 3 N–H and O–H groups in total. The summed E-state index contributed by atoms with van der Waals surface area (Å²) in [6.07, 6.45) is 0. The van der Waals surface area contributed by atoms with E-state index in [-0.39, 0.29) is 16.2 Å². The summed E-state index contributed by atoms with van der Waals surface area (Å²) in [5.74, 6) is 0.0457. The van der Waals surface area contributed by atoms with Gasteiger partial charge in [-0.2, -0.15) is 0 Å². The predicted molar refractivity (Wildman–Crippen MR) is 47.7 cm³/mol. The van der Waals surface area contributed by atoms with Gasteiger partial charge in [-0.25, -0.2) is 0 Å². The maximum Gasteiger partial charge on any atom is 0.489 e. The first-order chi connectivity index (χ1) is 5.54. The number of rotatable bonds is 1. The lowest BCUT2D eigenvalue weighted by molar-refractivity contribution is 0.425. The number of benzene rings is 1. The SMILES string of the molecule is Cc1c(O)ccc(B(O)O)c1Cl. The first kappa shape index (κ1) is 9.38. The third-order valence-electron chi connectivity index (χ3n) is 1.67. The largest absolute Gasteiger partial charge is 0.508 e. The molecule has 12 heavy (non-hydrogen) atoms. The summed E-state index contributed by atoms with van der Waals surface area (Å²) in [6, 6.07) is 2.74. The molecular weight excluding hydrogens is 178 g/mol. The van der Waals surface area contributed by atoms with Crippen LogP contribution in [0.1, 0.15) is 5.56 Å². The highest BCUT2D eigenvalue weighted by molar-refractivity contribution is 6.62. The molecule has 5 heteroatoms. The molecule has 0 heterocycles. The van der Waals surface area contributed by atoms with Crippen LogP contribution in [-0.2, 0) is 0 Å². The van der Waals surface area contributed by atoms with Crippen LogP contribution >= 0.6 is 11.6 Å². The lowest BCUT2D eigenvalue weighted by atomic mass is 9.79. The van der Waals surface area contributed by atoms with Crippen molar-refractivity contribution in [3.05, 3.63) is 22.7 Å². The Morgan fingerprint density at radius 2 is 1.92 bits per heavy atom. The molecule has 0 aliphatic heterocycles. The molecule has 1 rings (SSSR count). The average molecular weight is 186 g/mol. The Hall–Kier alpha value is -0.705. The van der Waals surface area contributed by atoms with Gasteiger partial charge in [0.05, 0.1) is 0 Å². The van der Waals surface area contributed by atoms with Crippen molar-refractivity contribution in [2.24, 2.45) is 0 Å². The van der Waals surface area contributed by atoms with Gasteiger partial charge < -0.3 is 15.2 Å². The Labute approximate surface area is 75.4 Å². The number of halogens is 1. The van der Waals surface area contributed by atoms with Crippen molar-refractivity contribution in [2.75, 3.05) is 0 Å². The Bertz CT molecular complexity index is 301. The second kappa shape index (κ2) is 3.35. The van der Waals surface area contributed by atoms with Gasteiger partial charge in [-0.1, -0.05) is 17.7 Å². The Kier molecular flexibility index (Phi) is 2.62. The van der Waals surface area contributed by atoms with Gasteiger partial charge in [0, 0.05) is 16.0 Å². The van der Waals surface area contributed by atoms with Gasteiger partial charge in [0.25, 0.3) is 0 Å². The summed E-state index contributed by atoms with van der Waals surface area (Å²) in [5, 5.41) is 27.0. The van der Waals surface area contributed by atoms with Crippen molar-refractivity contribution in [3.8, 4) is 5.75 Å². The first-order valence-corrected chi connectivity index (χ1v) is 3.76. The molecule has 0 radical (unpaired) electrons. The van der Waals surface area contributed by atoms with E-state index in [2.05, 4.69) is 0 Å². The van der Waals surface area contributed by atoms with E-state index >= 15 is 0 Å². The smallest absolute Gasteiger partial charge is 0.489 e. The van der Waals surface area contributed by atoms with Crippen molar-refractivity contribution < 1.29 is 15.2 Å². The average Bonchev–Trinajstić information content (AvgIpc) is 2.00. The molecule has 0 unspecified atom stereocenters. The van der Waals surface area contributed by atoms with Crippen LogP contribution < -0.4 is 5.46 Å². The molecule has 3 nitrogen and oxygen atoms in total. The normalized spacial score (nSPS) is 10.0. The maximum atomic E-state index is 9.16. The number of phenols is 1. The minimum atomic E-state index is -1.60. The van der Waals surface area contributed by atoms with E-state index in [0.717, 1.165) is 0 Å². The Morgan fingerprint density at radius 1 is 1.33 bits per heavy atom. The minimum absolute atomic E-state index is 0.0457. The molecule has 0 aliphatic carbocycles. The van der Waals surface area contributed by atoms with Crippen LogP contribution in [0.3, 0.4) is 0 Å². The fourth-order valence-corrected chi connectivity index (χ4v) is 1.15. The number of hydrogen-bond acceptors (Lipinski definition) is 3. The van der Waals surface area contributed by atoms with E-state index in [1.165, 1.54) is 12.1 Å². The van der Waals surface area contributed by atoms with Crippen molar-refractivity contribution >= 4 is 24.2 Å². The lowest BCUT2D eigenvalue weighted by Gasteiger charge is -2.06. The molecule has 0 saturated heterocycles. The van der Waals surface area contributed by atoms with Crippen LogP contribution in [0.2, 0.25) is 5.02 Å². The van der Waals surface area contributed by atoms with Gasteiger partial charge in [-0.05, 0) is 13.0 Å². The van der Waals surface area contributed by atoms with Crippen LogP contribution in [0.5, 0.6) is 5.75 Å². The second-order valence-corrected chi connectivity index (χ2v) is 2.86. The highest BCUT2D eigenvalue weighted by Gasteiger charge is 2.17. The van der Waals surface area contributed by atoms with E-state index in [0.29, 0.717) is 5.56 Å². The van der Waals surface area contributed by atoms with E-state index in [9.17, 15) is 0 Å². The highest BCUT2D eigenvalue weighted by Crippen LogP contribution is 2.22. The molecule has 0 saturated carbocycles. The van der Waals surface area contributed by atoms with Crippen LogP contribution in [-0.4, -0.2) is 22.3 Å². The zero-order chi connectivity index (χ0) is 9.30. The van der Waals surface area contributed by atoms with Gasteiger partial charge in [0.1, 0.15) is 5.75 Å². The van der Waals surface area contributed by atoms with Crippen molar-refractivity contribution in [1.29, 1.82) is 0 Å². The summed E-state index contributed by atoms with van der Waals surface area (Å²) >= 11 is 5.71. The topological polar surface area (TPSA) is 60.7 Å². The minimum Gasteiger partial charge on any atom is -0.508 e. The van der Waals surface area contributed by atoms with Gasteiger partial charge in [0.15, 0.2) is 0 Å². The third kappa shape index (κ3) is 1.55. The first-order valence-electron chi connectivity index (χ1n) is 3.38. The van der Waals surface area contributed by atoms with E-state index in [1.807, 2.05) is 0 Å². The van der Waals surface area contributed by atoms with Crippen molar-refractivity contribution in [3.63, 3.8) is 0 Å². The molecule has 64 valence electrons. The predicted octanol–water partition coefficient (Wildman–Crippen LogP) is 0.0338. The summed E-state index contributed by atoms with van der Waals surface area (Å²) in [6.45, 7) is 1.60. The fourth-order valence-electron chi connectivity index (χ4n) is 0.895. The molecule has 0 amide bonds. The second-order valence-electron chi connectivity index (χ2n) is 2.49. The molecule has 0 bridgehead atoms. The number of phenolic OH excluding ortho intramolecular Hbond substituents is 1. The molecule has 0 aromatic heterocycles. The Morgan fingerprint density at radius 3 is 2.42 bits per heavy atom.